The molecule has 1 heterocycles. The van der Waals surface area contributed by atoms with E-state index < -0.39 is 15.9 Å². The lowest BCUT2D eigenvalue weighted by atomic mass is 10.1. The fourth-order valence-electron chi connectivity index (χ4n) is 2.28. The minimum absolute atomic E-state index is 0.0233. The van der Waals surface area contributed by atoms with Crippen molar-refractivity contribution in [1.82, 2.24) is 0 Å². The summed E-state index contributed by atoms with van der Waals surface area (Å²) < 4.78 is 23.2. The summed E-state index contributed by atoms with van der Waals surface area (Å²) in [7, 11) is -3.18. The van der Waals surface area contributed by atoms with Gasteiger partial charge in [0, 0.05) is 17.5 Å². The van der Waals surface area contributed by atoms with Gasteiger partial charge in [-0.1, -0.05) is 31.5 Å². The first kappa shape index (κ1) is 14.8. The minimum atomic E-state index is -3.18. The third-order valence-corrected chi connectivity index (χ3v) is 4.67. The first-order valence-corrected chi connectivity index (χ1v) is 8.53. The van der Waals surface area contributed by atoms with Gasteiger partial charge in [0.05, 0.1) is 11.8 Å². The van der Waals surface area contributed by atoms with Gasteiger partial charge in [-0.15, -0.1) is 0 Å². The molecule has 0 saturated carbocycles. The summed E-state index contributed by atoms with van der Waals surface area (Å²) in [5.74, 6) is -0.0513. The molecule has 4 nitrogen and oxygen atoms in total. The van der Waals surface area contributed by atoms with Crippen LogP contribution in [0.1, 0.15) is 26.2 Å². The van der Waals surface area contributed by atoms with Crippen molar-refractivity contribution in [2.45, 2.75) is 32.2 Å². The monoisotopic (exact) mass is 293 g/mol. The quantitative estimate of drug-likeness (QED) is 0.838. The Kier molecular flexibility index (Phi) is 4.60. The molecule has 1 aromatic carbocycles. The number of benzene rings is 1. The number of carbonyl (C=O) groups excluding carboxylic acids is 1. The molecule has 1 aliphatic rings. The van der Waals surface area contributed by atoms with Crippen LogP contribution in [0.3, 0.4) is 0 Å². The lowest BCUT2D eigenvalue weighted by molar-refractivity contribution is -0.118. The molecular weight excluding hydrogens is 274 g/mol. The van der Waals surface area contributed by atoms with Crippen LogP contribution in [-0.2, 0) is 14.6 Å². The first-order chi connectivity index (χ1) is 9.53. The summed E-state index contributed by atoms with van der Waals surface area (Å²) in [6.07, 6.45) is 3.79. The molecule has 0 aliphatic carbocycles. The molecule has 0 unspecified atom stereocenters. The normalized spacial score (nSPS) is 19.9. The summed E-state index contributed by atoms with van der Waals surface area (Å²) in [6, 6.07) is 8.85. The summed E-state index contributed by atoms with van der Waals surface area (Å²) in [6.45, 7) is 2.03. The fourth-order valence-corrected chi connectivity index (χ4v) is 3.55. The maximum absolute atomic E-state index is 12.4. The molecule has 0 radical (unpaired) electrons. The standard InChI is InChI=1S/C15H19NO3S/c1-2-3-9-15(17)16(13-7-5-4-6-8-13)14-10-11-20(18,19)12-14/h4-8,10-11,14H,2-3,9,12H2,1H3/t14-/m1/s1. The second-order valence-electron chi connectivity index (χ2n) is 4.93. The Bertz CT molecular complexity index is 593. The van der Waals surface area contributed by atoms with Gasteiger partial charge in [-0.05, 0) is 24.6 Å². The van der Waals surface area contributed by atoms with Crippen molar-refractivity contribution in [3.63, 3.8) is 0 Å². The van der Waals surface area contributed by atoms with Crippen molar-refractivity contribution in [2.75, 3.05) is 10.7 Å². The highest BCUT2D eigenvalue weighted by Gasteiger charge is 2.30. The molecular formula is C15H19NO3S. The number of carbonyl (C=O) groups is 1. The molecule has 5 heteroatoms. The summed E-state index contributed by atoms with van der Waals surface area (Å²) in [4.78, 5) is 14.0. The number of hydrogen-bond donors (Lipinski definition) is 0. The number of rotatable bonds is 5. The van der Waals surface area contributed by atoms with E-state index in [4.69, 9.17) is 0 Å². The van der Waals surface area contributed by atoms with E-state index in [1.807, 2.05) is 37.3 Å². The van der Waals surface area contributed by atoms with Gasteiger partial charge in [-0.2, -0.15) is 0 Å². The molecule has 20 heavy (non-hydrogen) atoms. The van der Waals surface area contributed by atoms with Crippen molar-refractivity contribution < 1.29 is 13.2 Å². The van der Waals surface area contributed by atoms with Crippen molar-refractivity contribution >= 4 is 21.4 Å². The Labute approximate surface area is 120 Å². The highest BCUT2D eigenvalue weighted by atomic mass is 32.2. The molecule has 1 aliphatic heterocycles. The van der Waals surface area contributed by atoms with Crippen molar-refractivity contribution in [2.24, 2.45) is 0 Å². The SMILES string of the molecule is CCCCC(=O)N(c1ccccc1)[C@@H]1C=CS(=O)(=O)C1. The maximum atomic E-state index is 12.4. The van der Waals surface area contributed by atoms with Gasteiger partial charge in [0.15, 0.2) is 9.84 Å². The zero-order valence-corrected chi connectivity index (χ0v) is 12.3. The van der Waals surface area contributed by atoms with Crippen molar-refractivity contribution in [3.8, 4) is 0 Å². The van der Waals surface area contributed by atoms with Crippen LogP contribution in [0.2, 0.25) is 0 Å². The second-order valence-corrected chi connectivity index (χ2v) is 6.86. The van der Waals surface area contributed by atoms with Gasteiger partial charge in [0.25, 0.3) is 0 Å². The molecule has 1 aromatic rings. The average molecular weight is 293 g/mol. The second kappa shape index (κ2) is 6.22. The largest absolute Gasteiger partial charge is 0.304 e. The van der Waals surface area contributed by atoms with E-state index in [0.29, 0.717) is 6.42 Å². The molecule has 108 valence electrons. The van der Waals surface area contributed by atoms with E-state index in [1.54, 1.807) is 11.0 Å². The molecule has 0 aromatic heterocycles. The number of amides is 1. The third-order valence-electron chi connectivity index (χ3n) is 3.29. The number of hydrogen-bond acceptors (Lipinski definition) is 3. The van der Waals surface area contributed by atoms with Gasteiger partial charge in [-0.25, -0.2) is 8.42 Å². The number of unbranched alkanes of at least 4 members (excludes halogenated alkanes) is 1. The molecule has 0 bridgehead atoms. The third kappa shape index (κ3) is 3.48. The Morgan fingerprint density at radius 3 is 2.55 bits per heavy atom. The first-order valence-electron chi connectivity index (χ1n) is 6.81. The summed E-state index contributed by atoms with van der Waals surface area (Å²) >= 11 is 0. The zero-order chi connectivity index (χ0) is 14.6. The minimum Gasteiger partial charge on any atom is -0.304 e. The van der Waals surface area contributed by atoms with E-state index in [-0.39, 0.29) is 11.7 Å². The van der Waals surface area contributed by atoms with Crippen LogP contribution in [0.25, 0.3) is 0 Å². The zero-order valence-electron chi connectivity index (χ0n) is 11.5. The van der Waals surface area contributed by atoms with Crippen LogP contribution >= 0.6 is 0 Å². The van der Waals surface area contributed by atoms with Crippen molar-refractivity contribution in [1.29, 1.82) is 0 Å². The highest BCUT2D eigenvalue weighted by molar-refractivity contribution is 7.94. The molecule has 0 spiro atoms. The number of anilines is 1. The average Bonchev–Trinajstić information content (AvgIpc) is 2.78. The van der Waals surface area contributed by atoms with Crippen LogP contribution in [0.15, 0.2) is 41.8 Å². The Morgan fingerprint density at radius 2 is 2.00 bits per heavy atom. The van der Waals surface area contributed by atoms with Crippen LogP contribution in [-0.4, -0.2) is 26.1 Å². The predicted molar refractivity (Wildman–Crippen MR) is 80.2 cm³/mol. The van der Waals surface area contributed by atoms with Gasteiger partial charge in [0.1, 0.15) is 0 Å². The van der Waals surface area contributed by atoms with Crippen LogP contribution in [0, 0.1) is 0 Å². The smallest absolute Gasteiger partial charge is 0.227 e. The predicted octanol–water partition coefficient (Wildman–Crippen LogP) is 2.52. The highest BCUT2D eigenvalue weighted by Crippen LogP contribution is 2.23. The molecule has 1 amide bonds. The van der Waals surface area contributed by atoms with E-state index in [0.717, 1.165) is 18.5 Å². The topological polar surface area (TPSA) is 54.5 Å². The van der Waals surface area contributed by atoms with Gasteiger partial charge >= 0.3 is 0 Å². The molecule has 0 N–H and O–H groups in total. The van der Waals surface area contributed by atoms with Crippen LogP contribution < -0.4 is 4.90 Å². The molecule has 0 saturated heterocycles. The molecule has 0 fully saturated rings. The van der Waals surface area contributed by atoms with E-state index in [2.05, 4.69) is 0 Å². The Balaban J connectivity index is 2.26. The molecule has 1 atom stereocenters. The summed E-state index contributed by atoms with van der Waals surface area (Å²) in [5, 5.41) is 1.21. The summed E-state index contributed by atoms with van der Waals surface area (Å²) in [5.41, 5.74) is 0.750. The van der Waals surface area contributed by atoms with Crippen LogP contribution in [0.4, 0.5) is 5.69 Å². The Hall–Kier alpha value is -1.62. The van der Waals surface area contributed by atoms with Gasteiger partial charge < -0.3 is 4.90 Å². The number of nitrogens with zero attached hydrogens (tertiary/aromatic N) is 1. The molecule has 2 rings (SSSR count). The lowest BCUT2D eigenvalue weighted by Gasteiger charge is -2.27. The fraction of sp³-hybridized carbons (Fsp3) is 0.400. The van der Waals surface area contributed by atoms with E-state index in [9.17, 15) is 13.2 Å². The number of sulfone groups is 1. The van der Waals surface area contributed by atoms with E-state index in [1.165, 1.54) is 5.41 Å². The maximum Gasteiger partial charge on any atom is 0.227 e. The van der Waals surface area contributed by atoms with Crippen LogP contribution in [0.5, 0.6) is 0 Å². The van der Waals surface area contributed by atoms with Gasteiger partial charge in [-0.3, -0.25) is 4.79 Å². The van der Waals surface area contributed by atoms with Gasteiger partial charge in [0.2, 0.25) is 5.91 Å². The lowest BCUT2D eigenvalue weighted by Crippen LogP contribution is -2.41. The van der Waals surface area contributed by atoms with E-state index >= 15 is 0 Å². The number of para-hydroxylation sites is 1. The Morgan fingerprint density at radius 1 is 1.30 bits per heavy atom. The van der Waals surface area contributed by atoms with Crippen molar-refractivity contribution in [3.05, 3.63) is 41.8 Å².